The van der Waals surface area contributed by atoms with Gasteiger partial charge < -0.3 is 5.11 Å². The normalized spacial score (nSPS) is 16.0. The van der Waals surface area contributed by atoms with Gasteiger partial charge in [0, 0.05) is 18.5 Å². The van der Waals surface area contributed by atoms with Gasteiger partial charge in [0.15, 0.2) is 0 Å². The van der Waals surface area contributed by atoms with Gasteiger partial charge in [0.05, 0.1) is 0 Å². The van der Waals surface area contributed by atoms with Crippen molar-refractivity contribution in [2.24, 2.45) is 0 Å². The second kappa shape index (κ2) is 7.91. The van der Waals surface area contributed by atoms with Gasteiger partial charge in [-0.05, 0) is 46.1 Å². The summed E-state index contributed by atoms with van der Waals surface area (Å²) in [6.07, 6.45) is 6.17. The molecule has 0 heterocycles. The molecule has 0 atom stereocenters. The molecule has 1 rings (SSSR count). The molecule has 0 amide bonds. The van der Waals surface area contributed by atoms with E-state index in [1.165, 1.54) is 19.3 Å². The summed E-state index contributed by atoms with van der Waals surface area (Å²) in [5.74, 6) is -0.672. The number of carboxylic acids is 1. The molecule has 1 aliphatic rings. The highest BCUT2D eigenvalue weighted by atomic mass is 35.5. The van der Waals surface area contributed by atoms with Gasteiger partial charge >= 0.3 is 5.97 Å². The molecule has 96 valence electrons. The molecule has 1 aliphatic carbocycles. The number of carbonyl (C=O) groups is 1. The molecular formula is C12H24ClNO2. The van der Waals surface area contributed by atoms with Crippen molar-refractivity contribution in [2.75, 3.05) is 6.54 Å². The smallest absolute Gasteiger partial charge is 0.303 e. The number of hydrogen-bond acceptors (Lipinski definition) is 2. The monoisotopic (exact) mass is 249 g/mol. The van der Waals surface area contributed by atoms with E-state index in [1.807, 2.05) is 0 Å². The molecule has 0 aromatic heterocycles. The van der Waals surface area contributed by atoms with Crippen molar-refractivity contribution < 1.29 is 9.90 Å². The lowest BCUT2D eigenvalue weighted by Crippen LogP contribution is -2.44. The van der Waals surface area contributed by atoms with Crippen molar-refractivity contribution >= 4 is 18.4 Å². The molecule has 0 spiro atoms. The molecule has 4 heteroatoms. The highest BCUT2D eigenvalue weighted by molar-refractivity contribution is 5.85. The Bertz CT molecular complexity index is 205. The molecule has 3 nitrogen and oxygen atoms in total. The first-order valence-corrected chi connectivity index (χ1v) is 6.09. The molecule has 1 N–H and O–H groups in total. The van der Waals surface area contributed by atoms with Crippen LogP contribution in [0.4, 0.5) is 0 Å². The minimum absolute atomic E-state index is 0. The van der Waals surface area contributed by atoms with E-state index < -0.39 is 5.97 Å². The number of rotatable bonds is 7. The largest absolute Gasteiger partial charge is 0.481 e. The molecule has 0 bridgehead atoms. The van der Waals surface area contributed by atoms with E-state index in [0.717, 1.165) is 25.4 Å². The fourth-order valence-corrected chi connectivity index (χ4v) is 2.15. The average molecular weight is 250 g/mol. The van der Waals surface area contributed by atoms with Crippen LogP contribution in [0.1, 0.15) is 52.4 Å². The van der Waals surface area contributed by atoms with Gasteiger partial charge in [-0.15, -0.1) is 12.4 Å². The summed E-state index contributed by atoms with van der Waals surface area (Å²) in [6.45, 7) is 5.53. The second-order valence-electron chi connectivity index (χ2n) is 4.77. The van der Waals surface area contributed by atoms with E-state index in [0.29, 0.717) is 12.5 Å². The standard InChI is InChI=1S/C12H23NO2.ClH/c1-10(2)13(11-6-5-7-11)9-4-3-8-12(14)15;/h10-11H,3-9H2,1-2H3,(H,14,15);1H. The predicted molar refractivity (Wildman–Crippen MR) is 68.2 cm³/mol. The zero-order valence-electron chi connectivity index (χ0n) is 10.3. The van der Waals surface area contributed by atoms with Crippen LogP contribution in [-0.4, -0.2) is 34.6 Å². The number of hydrogen-bond donors (Lipinski definition) is 1. The number of nitrogens with zero attached hydrogens (tertiary/aromatic N) is 1. The quantitative estimate of drug-likeness (QED) is 0.706. The van der Waals surface area contributed by atoms with Crippen molar-refractivity contribution in [1.29, 1.82) is 0 Å². The molecule has 0 aromatic rings. The zero-order valence-corrected chi connectivity index (χ0v) is 11.1. The van der Waals surface area contributed by atoms with Crippen LogP contribution in [0.3, 0.4) is 0 Å². The molecule has 0 unspecified atom stereocenters. The molecule has 1 saturated carbocycles. The van der Waals surface area contributed by atoms with Crippen LogP contribution in [-0.2, 0) is 4.79 Å². The van der Waals surface area contributed by atoms with Gasteiger partial charge in [-0.25, -0.2) is 0 Å². The number of halogens is 1. The lowest BCUT2D eigenvalue weighted by molar-refractivity contribution is -0.137. The average Bonchev–Trinajstić information content (AvgIpc) is 2.06. The summed E-state index contributed by atoms with van der Waals surface area (Å²) in [5, 5.41) is 8.54. The topological polar surface area (TPSA) is 40.5 Å². The van der Waals surface area contributed by atoms with Crippen molar-refractivity contribution in [2.45, 2.75) is 64.5 Å². The number of aliphatic carboxylic acids is 1. The highest BCUT2D eigenvalue weighted by Crippen LogP contribution is 2.26. The maximum absolute atomic E-state index is 10.4. The third kappa shape index (κ3) is 5.17. The first-order valence-electron chi connectivity index (χ1n) is 6.09. The lowest BCUT2D eigenvalue weighted by Gasteiger charge is -2.40. The number of unbranched alkanes of at least 4 members (excludes halogenated alkanes) is 1. The maximum Gasteiger partial charge on any atom is 0.303 e. The molecule has 0 radical (unpaired) electrons. The molecule has 0 saturated heterocycles. The third-order valence-corrected chi connectivity index (χ3v) is 3.26. The minimum Gasteiger partial charge on any atom is -0.481 e. The molecule has 0 aliphatic heterocycles. The van der Waals surface area contributed by atoms with E-state index in [1.54, 1.807) is 0 Å². The van der Waals surface area contributed by atoms with E-state index in [-0.39, 0.29) is 12.4 Å². The summed E-state index contributed by atoms with van der Waals surface area (Å²) in [4.78, 5) is 12.9. The highest BCUT2D eigenvalue weighted by Gasteiger charge is 2.25. The molecular weight excluding hydrogens is 226 g/mol. The van der Waals surface area contributed by atoms with Gasteiger partial charge in [-0.2, -0.15) is 0 Å². The predicted octanol–water partition coefficient (Wildman–Crippen LogP) is 2.93. The summed E-state index contributed by atoms with van der Waals surface area (Å²) in [6, 6.07) is 1.37. The second-order valence-corrected chi connectivity index (χ2v) is 4.77. The van der Waals surface area contributed by atoms with Crippen LogP contribution in [0.15, 0.2) is 0 Å². The van der Waals surface area contributed by atoms with Crippen LogP contribution in [0.5, 0.6) is 0 Å². The fraction of sp³-hybridized carbons (Fsp3) is 0.917. The van der Waals surface area contributed by atoms with E-state index in [4.69, 9.17) is 5.11 Å². The van der Waals surface area contributed by atoms with Crippen molar-refractivity contribution in [3.63, 3.8) is 0 Å². The van der Waals surface area contributed by atoms with E-state index in [2.05, 4.69) is 18.7 Å². The van der Waals surface area contributed by atoms with Crippen molar-refractivity contribution in [1.82, 2.24) is 4.90 Å². The first-order chi connectivity index (χ1) is 7.11. The Hall–Kier alpha value is -0.280. The van der Waals surface area contributed by atoms with Gasteiger partial charge in [-0.3, -0.25) is 9.69 Å². The Morgan fingerprint density at radius 1 is 1.38 bits per heavy atom. The third-order valence-electron chi connectivity index (χ3n) is 3.26. The SMILES string of the molecule is CC(C)N(CCCCC(=O)O)C1CCC1.Cl. The molecule has 16 heavy (non-hydrogen) atoms. The summed E-state index contributed by atoms with van der Waals surface area (Å²) in [5.41, 5.74) is 0. The Morgan fingerprint density at radius 3 is 2.38 bits per heavy atom. The van der Waals surface area contributed by atoms with Crippen LogP contribution in [0.2, 0.25) is 0 Å². The van der Waals surface area contributed by atoms with Crippen molar-refractivity contribution in [3.05, 3.63) is 0 Å². The molecule has 0 aromatic carbocycles. The molecule has 1 fully saturated rings. The van der Waals surface area contributed by atoms with Gasteiger partial charge in [0.25, 0.3) is 0 Å². The maximum atomic E-state index is 10.4. The Labute approximate surface area is 105 Å². The van der Waals surface area contributed by atoms with Crippen LogP contribution in [0.25, 0.3) is 0 Å². The van der Waals surface area contributed by atoms with Crippen LogP contribution in [0, 0.1) is 0 Å². The zero-order chi connectivity index (χ0) is 11.3. The van der Waals surface area contributed by atoms with E-state index >= 15 is 0 Å². The summed E-state index contributed by atoms with van der Waals surface area (Å²) >= 11 is 0. The van der Waals surface area contributed by atoms with E-state index in [9.17, 15) is 4.79 Å². The van der Waals surface area contributed by atoms with Crippen molar-refractivity contribution in [3.8, 4) is 0 Å². The Kier molecular flexibility index (Phi) is 7.77. The van der Waals surface area contributed by atoms with Gasteiger partial charge in [0.2, 0.25) is 0 Å². The van der Waals surface area contributed by atoms with Gasteiger partial charge in [-0.1, -0.05) is 6.42 Å². The van der Waals surface area contributed by atoms with Crippen LogP contribution < -0.4 is 0 Å². The Morgan fingerprint density at radius 2 is 2.00 bits per heavy atom. The number of carboxylic acid groups (broad SMARTS) is 1. The summed E-state index contributed by atoms with van der Waals surface area (Å²) in [7, 11) is 0. The summed E-state index contributed by atoms with van der Waals surface area (Å²) < 4.78 is 0. The lowest BCUT2D eigenvalue weighted by atomic mass is 9.90. The fourth-order valence-electron chi connectivity index (χ4n) is 2.15. The van der Waals surface area contributed by atoms with Gasteiger partial charge in [0.1, 0.15) is 0 Å². The minimum atomic E-state index is -0.672. The van der Waals surface area contributed by atoms with Crippen LogP contribution >= 0.6 is 12.4 Å². The first kappa shape index (κ1) is 15.7. The Balaban J connectivity index is 0.00000225.